The molecule has 0 aliphatic heterocycles. The van der Waals surface area contributed by atoms with Crippen molar-refractivity contribution in [3.05, 3.63) is 26.4 Å². The summed E-state index contributed by atoms with van der Waals surface area (Å²) in [6, 6.07) is 2.15. The average Bonchev–Trinajstić information content (AvgIpc) is 3.03. The summed E-state index contributed by atoms with van der Waals surface area (Å²) in [5.74, 6) is 0.791. The lowest BCUT2D eigenvalue weighted by atomic mass is 9.98. The van der Waals surface area contributed by atoms with Crippen molar-refractivity contribution in [1.82, 2.24) is 4.98 Å². The van der Waals surface area contributed by atoms with Gasteiger partial charge in [-0.25, -0.2) is 4.98 Å². The highest BCUT2D eigenvalue weighted by atomic mass is 79.9. The lowest BCUT2D eigenvalue weighted by Crippen LogP contribution is -2.02. The standard InChI is InChI=1S/C12H12BrClN2/c1-6(2)9-8(5-15)12(14)16-11(10(9)13)7-3-4-7/h6-7H,3-4H2,1-2H3. The number of pyridine rings is 1. The van der Waals surface area contributed by atoms with Crippen LogP contribution in [-0.4, -0.2) is 4.98 Å². The van der Waals surface area contributed by atoms with Gasteiger partial charge in [0, 0.05) is 10.4 Å². The van der Waals surface area contributed by atoms with Crippen molar-refractivity contribution in [3.8, 4) is 6.07 Å². The molecular weight excluding hydrogens is 288 g/mol. The van der Waals surface area contributed by atoms with Gasteiger partial charge in [-0.05, 0) is 40.3 Å². The molecule has 0 aromatic carbocycles. The number of halogens is 2. The molecule has 4 heteroatoms. The number of nitrogens with zero attached hydrogens (tertiary/aromatic N) is 2. The van der Waals surface area contributed by atoms with E-state index in [0.29, 0.717) is 16.6 Å². The monoisotopic (exact) mass is 298 g/mol. The van der Waals surface area contributed by atoms with Crippen molar-refractivity contribution in [2.45, 2.75) is 38.5 Å². The number of nitriles is 1. The average molecular weight is 300 g/mol. The van der Waals surface area contributed by atoms with Gasteiger partial charge in [0.15, 0.2) is 0 Å². The van der Waals surface area contributed by atoms with Crippen LogP contribution in [0.1, 0.15) is 55.3 Å². The maximum atomic E-state index is 9.12. The van der Waals surface area contributed by atoms with E-state index in [9.17, 15) is 0 Å². The molecule has 1 aliphatic rings. The SMILES string of the molecule is CC(C)c1c(Br)c(C2CC2)nc(Cl)c1C#N. The maximum Gasteiger partial charge on any atom is 0.147 e. The van der Waals surface area contributed by atoms with Crippen LogP contribution < -0.4 is 0 Å². The Morgan fingerprint density at radius 3 is 2.56 bits per heavy atom. The van der Waals surface area contributed by atoms with E-state index in [1.807, 2.05) is 0 Å². The van der Waals surface area contributed by atoms with Gasteiger partial charge in [0.25, 0.3) is 0 Å². The van der Waals surface area contributed by atoms with Gasteiger partial charge in [0.05, 0.1) is 11.3 Å². The first-order valence-corrected chi connectivity index (χ1v) is 6.52. The van der Waals surface area contributed by atoms with Gasteiger partial charge in [-0.1, -0.05) is 25.4 Å². The molecule has 1 saturated carbocycles. The molecule has 1 aromatic heterocycles. The molecule has 0 amide bonds. The Hall–Kier alpha value is -0.590. The molecule has 0 spiro atoms. The molecule has 2 rings (SSSR count). The zero-order chi connectivity index (χ0) is 11.9. The number of aromatic nitrogens is 1. The normalized spacial score (nSPS) is 15.2. The first kappa shape index (κ1) is 11.9. The summed E-state index contributed by atoms with van der Waals surface area (Å²) >= 11 is 9.64. The van der Waals surface area contributed by atoms with Gasteiger partial charge in [0.2, 0.25) is 0 Å². The Morgan fingerprint density at radius 2 is 2.12 bits per heavy atom. The third-order valence-corrected chi connectivity index (χ3v) is 3.92. The fraction of sp³-hybridized carbons (Fsp3) is 0.500. The molecular formula is C12H12BrClN2. The Labute approximate surface area is 109 Å². The van der Waals surface area contributed by atoms with Gasteiger partial charge in [-0.15, -0.1) is 0 Å². The van der Waals surface area contributed by atoms with E-state index in [1.165, 1.54) is 12.8 Å². The molecule has 1 heterocycles. The molecule has 0 bridgehead atoms. The summed E-state index contributed by atoms with van der Waals surface area (Å²) in [6.45, 7) is 4.13. The predicted molar refractivity (Wildman–Crippen MR) is 67.7 cm³/mol. The molecule has 1 aliphatic carbocycles. The Kier molecular flexibility index (Phi) is 3.23. The lowest BCUT2D eigenvalue weighted by Gasteiger charge is -2.14. The molecule has 0 saturated heterocycles. The first-order valence-electron chi connectivity index (χ1n) is 5.35. The van der Waals surface area contributed by atoms with Crippen molar-refractivity contribution in [3.63, 3.8) is 0 Å². The predicted octanol–water partition coefficient (Wildman–Crippen LogP) is 4.37. The van der Waals surface area contributed by atoms with Crippen molar-refractivity contribution < 1.29 is 0 Å². The minimum absolute atomic E-state index is 0.266. The summed E-state index contributed by atoms with van der Waals surface area (Å²) in [7, 11) is 0. The number of hydrogen-bond donors (Lipinski definition) is 0. The second-order valence-corrected chi connectivity index (χ2v) is 5.58. The number of rotatable bonds is 2. The molecule has 84 valence electrons. The summed E-state index contributed by atoms with van der Waals surface area (Å²) in [6.07, 6.45) is 2.34. The van der Waals surface area contributed by atoms with Crippen LogP contribution in [-0.2, 0) is 0 Å². The van der Waals surface area contributed by atoms with Crippen LogP contribution in [0, 0.1) is 11.3 Å². The molecule has 0 N–H and O–H groups in total. The third-order valence-electron chi connectivity index (χ3n) is 2.81. The van der Waals surface area contributed by atoms with E-state index in [2.05, 4.69) is 40.8 Å². The summed E-state index contributed by atoms with van der Waals surface area (Å²) < 4.78 is 0.978. The van der Waals surface area contributed by atoms with Crippen LogP contribution in [0.25, 0.3) is 0 Å². The largest absolute Gasteiger partial charge is 0.238 e. The second-order valence-electron chi connectivity index (χ2n) is 4.43. The van der Waals surface area contributed by atoms with E-state index in [4.69, 9.17) is 16.9 Å². The van der Waals surface area contributed by atoms with Crippen molar-refractivity contribution in [1.29, 1.82) is 5.26 Å². The summed E-state index contributed by atoms with van der Waals surface area (Å²) in [5.41, 5.74) is 2.52. The second kappa shape index (κ2) is 4.35. The van der Waals surface area contributed by atoms with Gasteiger partial charge >= 0.3 is 0 Å². The fourth-order valence-corrected chi connectivity index (χ4v) is 3.15. The van der Waals surface area contributed by atoms with Gasteiger partial charge in [-0.2, -0.15) is 5.26 Å². The number of hydrogen-bond acceptors (Lipinski definition) is 2. The molecule has 1 aromatic rings. The minimum Gasteiger partial charge on any atom is -0.238 e. The van der Waals surface area contributed by atoms with Crippen molar-refractivity contribution in [2.75, 3.05) is 0 Å². The Morgan fingerprint density at radius 1 is 1.50 bits per heavy atom. The molecule has 1 fully saturated rings. The molecule has 16 heavy (non-hydrogen) atoms. The van der Waals surface area contributed by atoms with E-state index in [1.54, 1.807) is 0 Å². The van der Waals surface area contributed by atoms with Crippen LogP contribution in [0.3, 0.4) is 0 Å². The molecule has 2 nitrogen and oxygen atoms in total. The van der Waals surface area contributed by atoms with Crippen LogP contribution in [0.2, 0.25) is 5.15 Å². The topological polar surface area (TPSA) is 36.7 Å². The van der Waals surface area contributed by atoms with Crippen molar-refractivity contribution >= 4 is 27.5 Å². The molecule has 0 atom stereocenters. The summed E-state index contributed by atoms with van der Waals surface area (Å²) in [5, 5.41) is 9.47. The summed E-state index contributed by atoms with van der Waals surface area (Å²) in [4.78, 5) is 4.34. The van der Waals surface area contributed by atoms with E-state index in [-0.39, 0.29) is 5.92 Å². The fourth-order valence-electron chi connectivity index (χ4n) is 1.85. The van der Waals surface area contributed by atoms with Crippen LogP contribution in [0.5, 0.6) is 0 Å². The van der Waals surface area contributed by atoms with Crippen LogP contribution >= 0.6 is 27.5 Å². The smallest absolute Gasteiger partial charge is 0.147 e. The van der Waals surface area contributed by atoms with Crippen LogP contribution in [0.15, 0.2) is 4.47 Å². The lowest BCUT2D eigenvalue weighted by molar-refractivity contribution is 0.838. The molecule has 0 radical (unpaired) electrons. The zero-order valence-electron chi connectivity index (χ0n) is 9.22. The van der Waals surface area contributed by atoms with E-state index in [0.717, 1.165) is 15.7 Å². The molecule has 0 unspecified atom stereocenters. The van der Waals surface area contributed by atoms with Gasteiger partial charge < -0.3 is 0 Å². The van der Waals surface area contributed by atoms with E-state index < -0.39 is 0 Å². The minimum atomic E-state index is 0.266. The van der Waals surface area contributed by atoms with Gasteiger partial charge in [0.1, 0.15) is 11.2 Å². The zero-order valence-corrected chi connectivity index (χ0v) is 11.6. The Balaban J connectivity index is 2.66. The van der Waals surface area contributed by atoms with Crippen LogP contribution in [0.4, 0.5) is 0 Å². The van der Waals surface area contributed by atoms with E-state index >= 15 is 0 Å². The first-order chi connectivity index (χ1) is 7.56. The highest BCUT2D eigenvalue weighted by Crippen LogP contribution is 2.45. The van der Waals surface area contributed by atoms with Gasteiger partial charge in [-0.3, -0.25) is 0 Å². The highest BCUT2D eigenvalue weighted by molar-refractivity contribution is 9.10. The third kappa shape index (κ3) is 1.97. The highest BCUT2D eigenvalue weighted by Gasteiger charge is 2.30. The quantitative estimate of drug-likeness (QED) is 0.760. The maximum absolute atomic E-state index is 9.12. The Bertz CT molecular complexity index is 473. The van der Waals surface area contributed by atoms with Crippen molar-refractivity contribution in [2.24, 2.45) is 0 Å².